The van der Waals surface area contributed by atoms with Gasteiger partial charge < -0.3 is 5.11 Å². The number of carbonyl (C=O) groups is 2. The van der Waals surface area contributed by atoms with Gasteiger partial charge in [0, 0.05) is 23.4 Å². The molecule has 0 aliphatic carbocycles. The Kier molecular flexibility index (Phi) is 4.47. The number of aliphatic carboxylic acids is 1. The van der Waals surface area contributed by atoms with Gasteiger partial charge >= 0.3 is 5.97 Å². The molecule has 2 aromatic rings. The summed E-state index contributed by atoms with van der Waals surface area (Å²) in [5, 5.41) is 19.6. The Morgan fingerprint density at radius 3 is 2.14 bits per heavy atom. The van der Waals surface area contributed by atoms with Crippen molar-refractivity contribution < 1.29 is 19.6 Å². The highest BCUT2D eigenvalue weighted by Crippen LogP contribution is 2.21. The molecule has 0 aliphatic rings. The van der Waals surface area contributed by atoms with Crippen LogP contribution in [0.25, 0.3) is 0 Å². The van der Waals surface area contributed by atoms with Gasteiger partial charge in [-0.1, -0.05) is 18.2 Å². The lowest BCUT2D eigenvalue weighted by Crippen LogP contribution is -2.35. The fraction of sp³-hybridized carbons (Fsp3) is 0.0667. The predicted octanol–water partition coefficient (Wildman–Crippen LogP) is 2.33. The summed E-state index contributed by atoms with van der Waals surface area (Å²) in [6.07, 6.45) is 0. The number of hydrogen-bond donors (Lipinski definition) is 1. The van der Waals surface area contributed by atoms with E-state index >= 15 is 0 Å². The van der Waals surface area contributed by atoms with Crippen LogP contribution in [0.2, 0.25) is 0 Å². The molecule has 2 aromatic carbocycles. The molecule has 2 rings (SSSR count). The standard InChI is InChI=1S/C15H12N2O5/c18-14(19)10-16(15(20)11-4-2-1-3-5-11)12-6-8-13(9-7-12)17(21)22/h1-9H,10H2,(H,18,19). The molecule has 22 heavy (non-hydrogen) atoms. The van der Waals surface area contributed by atoms with E-state index in [1.165, 1.54) is 24.3 Å². The zero-order chi connectivity index (χ0) is 16.1. The molecule has 0 unspecified atom stereocenters. The van der Waals surface area contributed by atoms with Gasteiger partial charge in [-0.15, -0.1) is 0 Å². The highest BCUT2D eigenvalue weighted by Gasteiger charge is 2.21. The third-order valence-electron chi connectivity index (χ3n) is 2.93. The van der Waals surface area contributed by atoms with Crippen LogP contribution >= 0.6 is 0 Å². The zero-order valence-electron chi connectivity index (χ0n) is 11.4. The fourth-order valence-electron chi connectivity index (χ4n) is 1.91. The Labute approximate surface area is 125 Å². The highest BCUT2D eigenvalue weighted by atomic mass is 16.6. The van der Waals surface area contributed by atoms with Crippen LogP contribution in [0.5, 0.6) is 0 Å². The molecule has 7 heteroatoms. The number of nitrogens with zero attached hydrogens (tertiary/aromatic N) is 2. The van der Waals surface area contributed by atoms with Crippen LogP contribution in [-0.4, -0.2) is 28.5 Å². The van der Waals surface area contributed by atoms with E-state index in [9.17, 15) is 19.7 Å². The molecule has 0 aliphatic heterocycles. The van der Waals surface area contributed by atoms with E-state index in [1.54, 1.807) is 30.3 Å². The first kappa shape index (κ1) is 15.2. The highest BCUT2D eigenvalue weighted by molar-refractivity contribution is 6.08. The number of carbonyl (C=O) groups excluding carboxylic acids is 1. The number of amides is 1. The molecule has 0 bridgehead atoms. The van der Waals surface area contributed by atoms with Crippen molar-refractivity contribution in [2.75, 3.05) is 11.4 Å². The van der Waals surface area contributed by atoms with E-state index in [2.05, 4.69) is 0 Å². The van der Waals surface area contributed by atoms with E-state index in [4.69, 9.17) is 5.11 Å². The number of carboxylic acid groups (broad SMARTS) is 1. The van der Waals surface area contributed by atoms with Crippen molar-refractivity contribution in [1.82, 2.24) is 0 Å². The van der Waals surface area contributed by atoms with Crippen molar-refractivity contribution >= 4 is 23.3 Å². The minimum atomic E-state index is -1.18. The second-order valence-electron chi connectivity index (χ2n) is 4.42. The van der Waals surface area contributed by atoms with E-state index < -0.39 is 23.3 Å². The molecule has 0 atom stereocenters. The van der Waals surface area contributed by atoms with Crippen molar-refractivity contribution in [3.8, 4) is 0 Å². The Balaban J connectivity index is 2.35. The number of hydrogen-bond acceptors (Lipinski definition) is 4. The topological polar surface area (TPSA) is 101 Å². The summed E-state index contributed by atoms with van der Waals surface area (Å²) < 4.78 is 0. The van der Waals surface area contributed by atoms with Crippen molar-refractivity contribution in [3.63, 3.8) is 0 Å². The summed E-state index contributed by atoms with van der Waals surface area (Å²) in [5.41, 5.74) is 0.482. The fourth-order valence-corrected chi connectivity index (χ4v) is 1.91. The smallest absolute Gasteiger partial charge is 0.323 e. The van der Waals surface area contributed by atoms with Gasteiger partial charge in [-0.2, -0.15) is 0 Å². The number of benzene rings is 2. The van der Waals surface area contributed by atoms with E-state index in [1.807, 2.05) is 0 Å². The average molecular weight is 300 g/mol. The van der Waals surface area contributed by atoms with Gasteiger partial charge in [0.2, 0.25) is 0 Å². The third-order valence-corrected chi connectivity index (χ3v) is 2.93. The van der Waals surface area contributed by atoms with Crippen molar-refractivity contribution in [3.05, 3.63) is 70.3 Å². The van der Waals surface area contributed by atoms with Gasteiger partial charge in [0.15, 0.2) is 0 Å². The van der Waals surface area contributed by atoms with Gasteiger partial charge in [0.25, 0.3) is 11.6 Å². The first-order chi connectivity index (χ1) is 10.5. The lowest BCUT2D eigenvalue weighted by atomic mass is 10.1. The molecule has 0 spiro atoms. The van der Waals surface area contributed by atoms with Crippen LogP contribution in [0.4, 0.5) is 11.4 Å². The molecule has 0 saturated carbocycles. The van der Waals surface area contributed by atoms with Crippen molar-refractivity contribution in [2.45, 2.75) is 0 Å². The Morgan fingerprint density at radius 1 is 1.05 bits per heavy atom. The molecule has 7 nitrogen and oxygen atoms in total. The zero-order valence-corrected chi connectivity index (χ0v) is 11.4. The molecule has 0 heterocycles. The van der Waals surface area contributed by atoms with E-state index in [-0.39, 0.29) is 11.4 Å². The van der Waals surface area contributed by atoms with E-state index in [0.717, 1.165) is 4.90 Å². The summed E-state index contributed by atoms with van der Waals surface area (Å²) >= 11 is 0. The summed E-state index contributed by atoms with van der Waals surface area (Å²) in [5.74, 6) is -1.67. The first-order valence-corrected chi connectivity index (χ1v) is 6.32. The Bertz CT molecular complexity index is 698. The maximum absolute atomic E-state index is 12.4. The largest absolute Gasteiger partial charge is 0.480 e. The molecule has 0 fully saturated rings. The molecule has 112 valence electrons. The van der Waals surface area contributed by atoms with Crippen LogP contribution in [0.15, 0.2) is 54.6 Å². The summed E-state index contributed by atoms with van der Waals surface area (Å²) in [6.45, 7) is -0.536. The predicted molar refractivity (Wildman–Crippen MR) is 78.9 cm³/mol. The number of nitro benzene ring substituents is 1. The molecular formula is C15H12N2O5. The quantitative estimate of drug-likeness (QED) is 0.674. The maximum Gasteiger partial charge on any atom is 0.323 e. The third kappa shape index (κ3) is 3.45. The van der Waals surface area contributed by atoms with Crippen LogP contribution in [0, 0.1) is 10.1 Å². The summed E-state index contributed by atoms with van der Waals surface area (Å²) in [7, 11) is 0. The van der Waals surface area contributed by atoms with Gasteiger partial charge in [0.05, 0.1) is 4.92 Å². The number of carboxylic acids is 1. The molecule has 0 aromatic heterocycles. The number of anilines is 1. The minimum absolute atomic E-state index is 0.133. The van der Waals surface area contributed by atoms with Crippen LogP contribution in [0.3, 0.4) is 0 Å². The second kappa shape index (κ2) is 6.49. The molecular weight excluding hydrogens is 288 g/mol. The van der Waals surface area contributed by atoms with Crippen LogP contribution in [-0.2, 0) is 4.79 Å². The monoisotopic (exact) mass is 300 g/mol. The Morgan fingerprint density at radius 2 is 1.64 bits per heavy atom. The second-order valence-corrected chi connectivity index (χ2v) is 4.42. The van der Waals surface area contributed by atoms with E-state index in [0.29, 0.717) is 5.56 Å². The lowest BCUT2D eigenvalue weighted by Gasteiger charge is -2.20. The van der Waals surface area contributed by atoms with Crippen molar-refractivity contribution in [2.24, 2.45) is 0 Å². The molecule has 1 N–H and O–H groups in total. The van der Waals surface area contributed by atoms with Gasteiger partial charge in [-0.25, -0.2) is 0 Å². The lowest BCUT2D eigenvalue weighted by molar-refractivity contribution is -0.384. The minimum Gasteiger partial charge on any atom is -0.480 e. The maximum atomic E-state index is 12.4. The van der Waals surface area contributed by atoms with Crippen molar-refractivity contribution in [1.29, 1.82) is 0 Å². The summed E-state index contributed by atoms with van der Waals surface area (Å²) in [6, 6.07) is 13.4. The van der Waals surface area contributed by atoms with Crippen LogP contribution in [0.1, 0.15) is 10.4 Å². The molecule has 0 radical (unpaired) electrons. The molecule has 1 amide bonds. The number of rotatable bonds is 5. The van der Waals surface area contributed by atoms with Gasteiger partial charge in [-0.3, -0.25) is 24.6 Å². The SMILES string of the molecule is O=C(O)CN(C(=O)c1ccccc1)c1ccc([N+](=O)[O-])cc1. The molecule has 0 saturated heterocycles. The Hall–Kier alpha value is -3.22. The van der Waals surface area contributed by atoms with Crippen LogP contribution < -0.4 is 4.90 Å². The number of nitro groups is 1. The first-order valence-electron chi connectivity index (χ1n) is 6.32. The van der Waals surface area contributed by atoms with Gasteiger partial charge in [-0.05, 0) is 24.3 Å². The normalized spacial score (nSPS) is 10.0. The average Bonchev–Trinajstić information content (AvgIpc) is 2.53. The van der Waals surface area contributed by atoms with Gasteiger partial charge in [0.1, 0.15) is 6.54 Å². The number of non-ortho nitro benzene ring substituents is 1. The summed E-state index contributed by atoms with van der Waals surface area (Å²) in [4.78, 5) is 34.6.